The van der Waals surface area contributed by atoms with E-state index in [4.69, 9.17) is 33.7 Å². The average molecular weight is 633 g/mol. The molecule has 0 aliphatic carbocycles. The lowest BCUT2D eigenvalue weighted by molar-refractivity contribution is -0.141. The second-order valence-electron chi connectivity index (χ2n) is 9.37. The molecule has 0 atom stereocenters. The van der Waals surface area contributed by atoms with Crippen LogP contribution in [0.1, 0.15) is 30.7 Å². The standard InChI is InChI=1S/C30H30Cl2F3N7O/c1-3-42(4-2)17-20-14-21(11-13-25(20)43-18-19-8-6-5-7-9-19)37-27-16-26(30(33,34)35)39-29(40-27)41-28(36)38-22-10-12-23(31)24(32)15-22/h5-16H,3-4,17-18H2,1-2H3,(H4,36,37,38,39,40,41). The molecule has 0 spiro atoms. The lowest BCUT2D eigenvalue weighted by atomic mass is 10.1. The smallest absolute Gasteiger partial charge is 0.433 e. The molecule has 4 N–H and O–H groups in total. The molecule has 1 heterocycles. The van der Waals surface area contributed by atoms with Crippen molar-refractivity contribution in [1.82, 2.24) is 14.9 Å². The molecule has 4 rings (SSSR count). The molecule has 3 aromatic carbocycles. The van der Waals surface area contributed by atoms with Crippen molar-refractivity contribution in [3.05, 3.63) is 99.7 Å². The highest BCUT2D eigenvalue weighted by molar-refractivity contribution is 6.42. The van der Waals surface area contributed by atoms with Gasteiger partial charge in [0.2, 0.25) is 5.96 Å². The Morgan fingerprint density at radius 1 is 0.930 bits per heavy atom. The molecule has 0 unspecified atom stereocenters. The summed E-state index contributed by atoms with van der Waals surface area (Å²) in [7, 11) is 0. The van der Waals surface area contributed by atoms with Gasteiger partial charge >= 0.3 is 6.18 Å². The van der Waals surface area contributed by atoms with Crippen LogP contribution in [0.25, 0.3) is 0 Å². The molecule has 0 aliphatic heterocycles. The van der Waals surface area contributed by atoms with E-state index in [9.17, 15) is 13.2 Å². The number of hydrogen-bond donors (Lipinski definition) is 3. The van der Waals surface area contributed by atoms with Gasteiger partial charge in [-0.2, -0.15) is 23.1 Å². The molecule has 0 bridgehead atoms. The molecular weight excluding hydrogens is 602 g/mol. The highest BCUT2D eigenvalue weighted by Crippen LogP contribution is 2.32. The molecule has 226 valence electrons. The van der Waals surface area contributed by atoms with Crippen molar-refractivity contribution in [1.29, 1.82) is 0 Å². The fourth-order valence-corrected chi connectivity index (χ4v) is 4.34. The van der Waals surface area contributed by atoms with Crippen LogP contribution in [0.5, 0.6) is 5.75 Å². The molecule has 8 nitrogen and oxygen atoms in total. The third kappa shape index (κ3) is 9.21. The van der Waals surface area contributed by atoms with Crippen LogP contribution in [-0.2, 0) is 19.3 Å². The Labute approximate surface area is 257 Å². The zero-order chi connectivity index (χ0) is 31.0. The third-order valence-corrected chi connectivity index (χ3v) is 7.01. The number of hydrogen-bond acceptors (Lipinski definition) is 6. The lowest BCUT2D eigenvalue weighted by Gasteiger charge is -2.21. The number of benzene rings is 3. The van der Waals surface area contributed by atoms with Crippen LogP contribution in [0.15, 0.2) is 77.8 Å². The summed E-state index contributed by atoms with van der Waals surface area (Å²) >= 11 is 11.9. The summed E-state index contributed by atoms with van der Waals surface area (Å²) in [5.41, 5.74) is 7.56. The van der Waals surface area contributed by atoms with E-state index in [1.165, 1.54) is 12.1 Å². The maximum absolute atomic E-state index is 13.8. The molecule has 0 saturated heterocycles. The third-order valence-electron chi connectivity index (χ3n) is 6.28. The van der Waals surface area contributed by atoms with Gasteiger partial charge in [0.15, 0.2) is 5.69 Å². The van der Waals surface area contributed by atoms with Crippen molar-refractivity contribution in [3.8, 4) is 5.75 Å². The lowest BCUT2D eigenvalue weighted by Crippen LogP contribution is -2.22. The van der Waals surface area contributed by atoms with Crippen LogP contribution >= 0.6 is 23.2 Å². The van der Waals surface area contributed by atoms with E-state index >= 15 is 0 Å². The second-order valence-corrected chi connectivity index (χ2v) is 10.2. The van der Waals surface area contributed by atoms with Crippen LogP contribution in [0.2, 0.25) is 10.0 Å². The van der Waals surface area contributed by atoms with E-state index in [0.29, 0.717) is 35.3 Å². The number of alkyl halides is 3. The summed E-state index contributed by atoms with van der Waals surface area (Å²) in [6.45, 7) is 6.69. The van der Waals surface area contributed by atoms with Crippen LogP contribution in [0.4, 0.5) is 36.3 Å². The van der Waals surface area contributed by atoms with Gasteiger partial charge in [0.05, 0.1) is 10.0 Å². The molecule has 4 aromatic rings. The molecule has 13 heteroatoms. The van der Waals surface area contributed by atoms with Crippen LogP contribution in [0.3, 0.4) is 0 Å². The first-order valence-corrected chi connectivity index (χ1v) is 14.1. The first-order valence-electron chi connectivity index (χ1n) is 13.4. The first-order chi connectivity index (χ1) is 20.5. The van der Waals surface area contributed by atoms with E-state index in [-0.39, 0.29) is 16.8 Å². The molecule has 0 aliphatic rings. The van der Waals surface area contributed by atoms with Gasteiger partial charge in [0.25, 0.3) is 5.95 Å². The van der Waals surface area contributed by atoms with E-state index in [2.05, 4.69) is 44.3 Å². The van der Waals surface area contributed by atoms with Gasteiger partial charge < -0.3 is 21.1 Å². The minimum atomic E-state index is -4.75. The Bertz CT molecular complexity index is 1570. The van der Waals surface area contributed by atoms with Crippen molar-refractivity contribution in [2.45, 2.75) is 33.2 Å². The highest BCUT2D eigenvalue weighted by Gasteiger charge is 2.34. The maximum Gasteiger partial charge on any atom is 0.433 e. The predicted octanol–water partition coefficient (Wildman–Crippen LogP) is 8.02. The summed E-state index contributed by atoms with van der Waals surface area (Å²) in [6, 6.07) is 20.5. The number of nitrogens with zero attached hydrogens (tertiary/aromatic N) is 4. The summed E-state index contributed by atoms with van der Waals surface area (Å²) in [5, 5.41) is 6.28. The van der Waals surface area contributed by atoms with Crippen LogP contribution in [-0.4, -0.2) is 33.9 Å². The van der Waals surface area contributed by atoms with Crippen molar-refractivity contribution in [2.75, 3.05) is 23.7 Å². The number of rotatable bonds is 11. The number of anilines is 3. The normalized spacial score (nSPS) is 12.0. The summed E-state index contributed by atoms with van der Waals surface area (Å²) in [6.07, 6.45) is -4.75. The van der Waals surface area contributed by atoms with Gasteiger partial charge in [-0.05, 0) is 55.1 Å². The molecule has 0 fully saturated rings. The van der Waals surface area contributed by atoms with Crippen molar-refractivity contribution < 1.29 is 17.9 Å². The topological polar surface area (TPSA) is 101 Å². The summed E-state index contributed by atoms with van der Waals surface area (Å²) in [5.74, 6) is -0.180. The van der Waals surface area contributed by atoms with Crippen molar-refractivity contribution >= 4 is 52.3 Å². The zero-order valence-electron chi connectivity index (χ0n) is 23.4. The minimum absolute atomic E-state index is 0.116. The van der Waals surface area contributed by atoms with E-state index in [1.807, 2.05) is 36.4 Å². The number of aliphatic imine (C=N–C) groups is 1. The molecule has 43 heavy (non-hydrogen) atoms. The average Bonchev–Trinajstić information content (AvgIpc) is 2.97. The van der Waals surface area contributed by atoms with Gasteiger partial charge in [-0.25, -0.2) is 4.98 Å². The Balaban J connectivity index is 1.62. The molecule has 1 aromatic heterocycles. The monoisotopic (exact) mass is 631 g/mol. The Morgan fingerprint density at radius 3 is 2.33 bits per heavy atom. The quantitative estimate of drug-likeness (QED) is 0.114. The number of halogens is 5. The Morgan fingerprint density at radius 2 is 1.65 bits per heavy atom. The number of ether oxygens (including phenoxy) is 1. The predicted molar refractivity (Wildman–Crippen MR) is 166 cm³/mol. The van der Waals surface area contributed by atoms with Gasteiger partial charge in [-0.1, -0.05) is 67.4 Å². The Hall–Kier alpha value is -4.06. The minimum Gasteiger partial charge on any atom is -0.489 e. The molecule has 0 saturated carbocycles. The summed E-state index contributed by atoms with van der Waals surface area (Å²) in [4.78, 5) is 13.9. The number of guanidine groups is 1. The largest absolute Gasteiger partial charge is 0.489 e. The van der Waals surface area contributed by atoms with Gasteiger partial charge in [0.1, 0.15) is 18.2 Å². The molecular formula is C30H30Cl2F3N7O. The van der Waals surface area contributed by atoms with E-state index in [0.717, 1.165) is 30.3 Å². The maximum atomic E-state index is 13.8. The number of nitrogens with two attached hydrogens (primary N) is 1. The van der Waals surface area contributed by atoms with Gasteiger partial charge in [-0.15, -0.1) is 0 Å². The second kappa shape index (κ2) is 14.4. The number of aromatic nitrogens is 2. The van der Waals surface area contributed by atoms with Gasteiger partial charge in [-0.3, -0.25) is 4.90 Å². The fourth-order valence-electron chi connectivity index (χ4n) is 4.04. The van der Waals surface area contributed by atoms with Crippen LogP contribution < -0.4 is 21.1 Å². The summed E-state index contributed by atoms with van der Waals surface area (Å²) < 4.78 is 47.4. The van der Waals surface area contributed by atoms with E-state index in [1.54, 1.807) is 18.2 Å². The van der Waals surface area contributed by atoms with E-state index < -0.39 is 17.8 Å². The van der Waals surface area contributed by atoms with Crippen molar-refractivity contribution in [2.24, 2.45) is 10.7 Å². The molecule has 0 radical (unpaired) electrons. The molecule has 0 amide bonds. The SMILES string of the molecule is CCN(CC)Cc1cc(Nc2cc(C(F)(F)F)nc(/N=C(\N)Nc3ccc(Cl)c(Cl)c3)n2)ccc1OCc1ccccc1. The Kier molecular flexibility index (Phi) is 10.7. The van der Waals surface area contributed by atoms with Gasteiger partial charge in [0, 0.05) is 29.5 Å². The number of nitrogens with one attached hydrogen (secondary N) is 2. The van der Waals surface area contributed by atoms with Crippen LogP contribution in [0, 0.1) is 0 Å². The fraction of sp³-hybridized carbons (Fsp3) is 0.233. The first kappa shape index (κ1) is 31.9. The highest BCUT2D eigenvalue weighted by atomic mass is 35.5. The zero-order valence-corrected chi connectivity index (χ0v) is 24.9. The van der Waals surface area contributed by atoms with Crippen molar-refractivity contribution in [3.63, 3.8) is 0 Å².